The van der Waals surface area contributed by atoms with Gasteiger partial charge < -0.3 is 0 Å². The van der Waals surface area contributed by atoms with Crippen LogP contribution in [0.4, 0.5) is 0 Å². The molecule has 0 radical (unpaired) electrons. The van der Waals surface area contributed by atoms with Crippen molar-refractivity contribution in [2.24, 2.45) is 0 Å². The quantitative estimate of drug-likeness (QED) is 0.403. The molecule has 4 nitrogen and oxygen atoms in total. The van der Waals surface area contributed by atoms with Gasteiger partial charge in [-0.05, 0) is 24.6 Å². The molecule has 0 heterocycles. The lowest BCUT2D eigenvalue weighted by atomic mass is 10.1. The average Bonchev–Trinajstić information content (AvgIpc) is 2.16. The van der Waals surface area contributed by atoms with Crippen LogP contribution in [0, 0.1) is 6.92 Å². The van der Waals surface area contributed by atoms with Gasteiger partial charge in [0.25, 0.3) is 5.91 Å². The molecule has 0 unspecified atom stereocenters. The van der Waals surface area contributed by atoms with Gasteiger partial charge in [-0.3, -0.25) is 14.8 Å². The first-order valence-electron chi connectivity index (χ1n) is 3.69. The second kappa shape index (κ2) is 3.82. The van der Waals surface area contributed by atoms with E-state index in [0.29, 0.717) is 23.0 Å². The van der Waals surface area contributed by atoms with Crippen LogP contribution >= 0.6 is 0 Å². The molecule has 13 heavy (non-hydrogen) atoms. The summed E-state index contributed by atoms with van der Waals surface area (Å²) in [6.45, 7) is 1.69. The van der Waals surface area contributed by atoms with Crippen molar-refractivity contribution in [2.45, 2.75) is 6.92 Å². The number of aryl methyl sites for hydroxylation is 1. The molecule has 2 N–H and O–H groups in total. The molecule has 68 valence electrons. The minimum Gasteiger partial charge on any atom is -0.298 e. The van der Waals surface area contributed by atoms with Gasteiger partial charge in [0, 0.05) is 11.1 Å². The molecular weight excluding hydrogens is 170 g/mol. The van der Waals surface area contributed by atoms with Gasteiger partial charge in [0.2, 0.25) is 0 Å². The van der Waals surface area contributed by atoms with Crippen LogP contribution in [-0.4, -0.2) is 17.4 Å². The van der Waals surface area contributed by atoms with Crippen LogP contribution in [0.3, 0.4) is 0 Å². The summed E-state index contributed by atoms with van der Waals surface area (Å²) in [6.07, 6.45) is 0.702. The number of nitrogens with one attached hydrogen (secondary N) is 1. The number of hydrogen-bond acceptors (Lipinski definition) is 3. The molecule has 0 aromatic heterocycles. The van der Waals surface area contributed by atoms with E-state index in [1.54, 1.807) is 13.0 Å². The third-order valence-corrected chi connectivity index (χ3v) is 1.73. The highest BCUT2D eigenvalue weighted by Crippen LogP contribution is 2.09. The van der Waals surface area contributed by atoms with Crippen molar-refractivity contribution >= 4 is 12.2 Å². The maximum atomic E-state index is 11.0. The van der Waals surface area contributed by atoms with Crippen molar-refractivity contribution in [2.75, 3.05) is 0 Å². The molecule has 4 heteroatoms. The normalized spacial score (nSPS) is 9.38. The van der Waals surface area contributed by atoms with Crippen LogP contribution in [0.2, 0.25) is 0 Å². The topological polar surface area (TPSA) is 66.4 Å². The Morgan fingerprint density at radius 2 is 2.23 bits per heavy atom. The first-order valence-corrected chi connectivity index (χ1v) is 3.69. The van der Waals surface area contributed by atoms with Gasteiger partial charge >= 0.3 is 0 Å². The van der Waals surface area contributed by atoms with Gasteiger partial charge in [0.15, 0.2) is 0 Å². The van der Waals surface area contributed by atoms with Crippen molar-refractivity contribution in [1.29, 1.82) is 0 Å². The van der Waals surface area contributed by atoms with E-state index in [0.717, 1.165) is 0 Å². The third-order valence-electron chi connectivity index (χ3n) is 1.73. The molecule has 0 saturated carbocycles. The van der Waals surface area contributed by atoms with Crippen molar-refractivity contribution in [1.82, 2.24) is 5.48 Å². The fourth-order valence-corrected chi connectivity index (χ4v) is 1.08. The first kappa shape index (κ1) is 9.41. The maximum absolute atomic E-state index is 11.0. The number of carbonyl (C=O) groups is 2. The summed E-state index contributed by atoms with van der Waals surface area (Å²) in [6, 6.07) is 4.59. The Balaban J connectivity index is 3.12. The largest absolute Gasteiger partial charge is 0.298 e. The highest BCUT2D eigenvalue weighted by Gasteiger charge is 2.07. The third kappa shape index (κ3) is 1.91. The summed E-state index contributed by atoms with van der Waals surface area (Å²) in [7, 11) is 0. The SMILES string of the molecule is Cc1cc(C=O)ccc1C(=O)NO. The van der Waals surface area contributed by atoms with Crippen LogP contribution in [0.15, 0.2) is 18.2 Å². The molecule has 0 saturated heterocycles. The van der Waals surface area contributed by atoms with E-state index in [4.69, 9.17) is 5.21 Å². The summed E-state index contributed by atoms with van der Waals surface area (Å²) in [5.41, 5.74) is 3.04. The lowest BCUT2D eigenvalue weighted by Gasteiger charge is -2.03. The van der Waals surface area contributed by atoms with Crippen LogP contribution in [0.5, 0.6) is 0 Å². The van der Waals surface area contributed by atoms with Crippen LogP contribution in [-0.2, 0) is 0 Å². The summed E-state index contributed by atoms with van der Waals surface area (Å²) in [5.74, 6) is -0.574. The first-order chi connectivity index (χ1) is 6.19. The molecule has 0 aliphatic rings. The molecule has 1 rings (SSSR count). The summed E-state index contributed by atoms with van der Waals surface area (Å²) in [4.78, 5) is 21.3. The monoisotopic (exact) mass is 179 g/mol. The van der Waals surface area contributed by atoms with Crippen LogP contribution in [0.25, 0.3) is 0 Å². The molecule has 1 aromatic rings. The smallest absolute Gasteiger partial charge is 0.274 e. The highest BCUT2D eigenvalue weighted by atomic mass is 16.5. The summed E-state index contributed by atoms with van der Waals surface area (Å²) >= 11 is 0. The van der Waals surface area contributed by atoms with E-state index in [-0.39, 0.29) is 0 Å². The van der Waals surface area contributed by atoms with E-state index in [2.05, 4.69) is 0 Å². The standard InChI is InChI=1S/C9H9NO3/c1-6-4-7(5-11)2-3-8(6)9(12)10-13/h2-5,13H,1H3,(H,10,12). The Hall–Kier alpha value is -1.68. The van der Waals surface area contributed by atoms with Gasteiger partial charge in [0.1, 0.15) is 6.29 Å². The Morgan fingerprint density at radius 3 is 2.69 bits per heavy atom. The predicted molar refractivity (Wildman–Crippen MR) is 45.8 cm³/mol. The number of aldehydes is 1. The zero-order valence-electron chi connectivity index (χ0n) is 7.07. The Labute approximate surface area is 75.1 Å². The van der Waals surface area contributed by atoms with Crippen molar-refractivity contribution in [3.63, 3.8) is 0 Å². The van der Waals surface area contributed by atoms with E-state index >= 15 is 0 Å². The van der Waals surface area contributed by atoms with Crippen molar-refractivity contribution in [3.05, 3.63) is 34.9 Å². The van der Waals surface area contributed by atoms with Gasteiger partial charge in [-0.2, -0.15) is 0 Å². The molecule has 0 bridgehead atoms. The number of hydrogen-bond donors (Lipinski definition) is 2. The zero-order chi connectivity index (χ0) is 9.84. The van der Waals surface area contributed by atoms with E-state index in [9.17, 15) is 9.59 Å². The lowest BCUT2D eigenvalue weighted by Crippen LogP contribution is -2.19. The average molecular weight is 179 g/mol. The number of rotatable bonds is 2. The minimum absolute atomic E-state index is 0.355. The van der Waals surface area contributed by atoms with E-state index < -0.39 is 5.91 Å². The minimum atomic E-state index is -0.574. The lowest BCUT2D eigenvalue weighted by molar-refractivity contribution is 0.0705. The Kier molecular flexibility index (Phi) is 2.76. The summed E-state index contributed by atoms with van der Waals surface area (Å²) in [5, 5.41) is 8.37. The maximum Gasteiger partial charge on any atom is 0.274 e. The molecular formula is C9H9NO3. The van der Waals surface area contributed by atoms with Gasteiger partial charge in [0.05, 0.1) is 0 Å². The second-order valence-electron chi connectivity index (χ2n) is 2.63. The fraction of sp³-hybridized carbons (Fsp3) is 0.111. The molecule has 0 aliphatic heterocycles. The Morgan fingerprint density at radius 1 is 1.54 bits per heavy atom. The van der Waals surface area contributed by atoms with Crippen molar-refractivity contribution in [3.8, 4) is 0 Å². The second-order valence-corrected chi connectivity index (χ2v) is 2.63. The molecule has 0 aliphatic carbocycles. The van der Waals surface area contributed by atoms with Gasteiger partial charge in [-0.25, -0.2) is 5.48 Å². The number of hydroxylamine groups is 1. The summed E-state index contributed by atoms with van der Waals surface area (Å²) < 4.78 is 0. The molecule has 0 spiro atoms. The fourth-order valence-electron chi connectivity index (χ4n) is 1.08. The molecule has 1 aromatic carbocycles. The molecule has 0 fully saturated rings. The van der Waals surface area contributed by atoms with E-state index in [1.165, 1.54) is 17.6 Å². The molecule has 0 atom stereocenters. The van der Waals surface area contributed by atoms with Crippen molar-refractivity contribution < 1.29 is 14.8 Å². The van der Waals surface area contributed by atoms with Crippen LogP contribution in [0.1, 0.15) is 26.3 Å². The number of carbonyl (C=O) groups excluding carboxylic acids is 2. The van der Waals surface area contributed by atoms with Gasteiger partial charge in [-0.1, -0.05) is 6.07 Å². The highest BCUT2D eigenvalue weighted by molar-refractivity contribution is 5.95. The van der Waals surface area contributed by atoms with E-state index in [1.807, 2.05) is 0 Å². The number of amides is 1. The van der Waals surface area contributed by atoms with Gasteiger partial charge in [-0.15, -0.1) is 0 Å². The van der Waals surface area contributed by atoms with Crippen LogP contribution < -0.4 is 5.48 Å². The number of benzene rings is 1. The molecule has 1 amide bonds. The predicted octanol–water partition coefficient (Wildman–Crippen LogP) is 0.927. The zero-order valence-corrected chi connectivity index (χ0v) is 7.07. The Bertz CT molecular complexity index is 347.